The fourth-order valence-corrected chi connectivity index (χ4v) is 1.28. The Morgan fingerprint density at radius 2 is 1.79 bits per heavy atom. The van der Waals surface area contributed by atoms with Crippen molar-refractivity contribution in [2.24, 2.45) is 5.41 Å². The Labute approximate surface area is 90.6 Å². The van der Waals surface area contributed by atoms with E-state index in [1.165, 1.54) is 0 Å². The second kappa shape index (κ2) is 4.14. The maximum atomic E-state index is 8.08. The van der Waals surface area contributed by atoms with Crippen molar-refractivity contribution in [1.29, 1.82) is 5.41 Å². The van der Waals surface area contributed by atoms with E-state index in [1.807, 2.05) is 51.1 Å². The summed E-state index contributed by atoms with van der Waals surface area (Å²) >= 11 is 6.07. The van der Waals surface area contributed by atoms with Crippen molar-refractivity contribution in [2.75, 3.05) is 0 Å². The fraction of sp³-hybridized carbons (Fsp3) is 0.417. The lowest BCUT2D eigenvalue weighted by Crippen LogP contribution is -2.32. The first kappa shape index (κ1) is 11.3. The monoisotopic (exact) mass is 209 g/mol. The molecule has 0 fully saturated rings. The van der Waals surface area contributed by atoms with Crippen LogP contribution in [0.5, 0.6) is 0 Å². The normalized spacial score (nSPS) is 13.7. The first-order valence-electron chi connectivity index (χ1n) is 4.74. The maximum Gasteiger partial charge on any atom is 0.0457 e. The molecule has 0 aliphatic carbocycles. The zero-order valence-electron chi connectivity index (χ0n) is 8.84. The van der Waals surface area contributed by atoms with E-state index >= 15 is 0 Å². The van der Waals surface area contributed by atoms with E-state index < -0.39 is 0 Å². The Bertz CT molecular complexity index is 314. The van der Waals surface area contributed by atoms with E-state index in [2.05, 4.69) is 0 Å². The largest absolute Gasteiger partial charge is 0.304 e. The number of hydrogen-bond acceptors (Lipinski definition) is 1. The van der Waals surface area contributed by atoms with E-state index in [0.717, 1.165) is 5.56 Å². The lowest BCUT2D eigenvalue weighted by atomic mass is 9.81. The molecule has 0 unspecified atom stereocenters. The van der Waals surface area contributed by atoms with Crippen LogP contribution in [0.4, 0.5) is 0 Å². The third kappa shape index (κ3) is 2.16. The van der Waals surface area contributed by atoms with Gasteiger partial charge < -0.3 is 5.41 Å². The van der Waals surface area contributed by atoms with Gasteiger partial charge in [-0.05, 0) is 12.5 Å². The summed E-state index contributed by atoms with van der Waals surface area (Å²) in [7, 11) is 0. The van der Waals surface area contributed by atoms with Crippen molar-refractivity contribution >= 4 is 17.3 Å². The topological polar surface area (TPSA) is 23.9 Å². The summed E-state index contributed by atoms with van der Waals surface area (Å²) in [6, 6.07) is 9.73. The van der Waals surface area contributed by atoms with Gasteiger partial charge in [-0.15, -0.1) is 11.6 Å². The second-order valence-corrected chi connectivity index (χ2v) is 4.73. The maximum absolute atomic E-state index is 8.08. The number of benzene rings is 1. The van der Waals surface area contributed by atoms with Crippen LogP contribution in [0.15, 0.2) is 30.3 Å². The van der Waals surface area contributed by atoms with Crippen LogP contribution in [0.25, 0.3) is 0 Å². The SMILES string of the molecule is C[C@@H](Cl)C(C)(C)C(=N)c1ccccc1. The van der Waals surface area contributed by atoms with Crippen LogP contribution in [-0.2, 0) is 0 Å². The first-order valence-corrected chi connectivity index (χ1v) is 5.18. The lowest BCUT2D eigenvalue weighted by Gasteiger charge is -2.28. The number of rotatable bonds is 3. The van der Waals surface area contributed by atoms with Crippen molar-refractivity contribution in [3.05, 3.63) is 35.9 Å². The highest BCUT2D eigenvalue weighted by molar-refractivity contribution is 6.23. The molecule has 0 aliphatic heterocycles. The van der Waals surface area contributed by atoms with Gasteiger partial charge in [-0.25, -0.2) is 0 Å². The number of alkyl halides is 1. The third-order valence-electron chi connectivity index (χ3n) is 2.70. The number of nitrogens with one attached hydrogen (secondary N) is 1. The molecule has 0 saturated carbocycles. The van der Waals surface area contributed by atoms with Gasteiger partial charge in [-0.2, -0.15) is 0 Å². The smallest absolute Gasteiger partial charge is 0.0457 e. The molecule has 1 aromatic rings. The van der Waals surface area contributed by atoms with Crippen molar-refractivity contribution in [3.63, 3.8) is 0 Å². The van der Waals surface area contributed by atoms with Gasteiger partial charge in [0.1, 0.15) is 0 Å². The summed E-state index contributed by atoms with van der Waals surface area (Å²) < 4.78 is 0. The van der Waals surface area contributed by atoms with Crippen LogP contribution >= 0.6 is 11.6 Å². The Morgan fingerprint density at radius 1 is 1.29 bits per heavy atom. The van der Waals surface area contributed by atoms with Gasteiger partial charge in [-0.3, -0.25) is 0 Å². The molecule has 0 spiro atoms. The Hall–Kier alpha value is -0.820. The standard InChI is InChI=1S/C12H16ClN/c1-9(13)12(2,3)11(14)10-7-5-4-6-8-10/h4-9,14H,1-3H3/t9-/m1/s1. The summed E-state index contributed by atoms with van der Waals surface area (Å²) in [6.45, 7) is 5.93. The van der Waals surface area contributed by atoms with Crippen LogP contribution in [-0.4, -0.2) is 11.1 Å². The highest BCUT2D eigenvalue weighted by Gasteiger charge is 2.29. The Morgan fingerprint density at radius 3 is 2.21 bits per heavy atom. The lowest BCUT2D eigenvalue weighted by molar-refractivity contribution is 0.509. The van der Waals surface area contributed by atoms with Gasteiger partial charge in [0.05, 0.1) is 0 Å². The number of halogens is 1. The molecular formula is C12H16ClN. The summed E-state index contributed by atoms with van der Waals surface area (Å²) in [5, 5.41) is 8.03. The van der Waals surface area contributed by atoms with E-state index in [0.29, 0.717) is 5.71 Å². The molecule has 1 rings (SSSR count). The van der Waals surface area contributed by atoms with Gasteiger partial charge in [-0.1, -0.05) is 44.2 Å². The van der Waals surface area contributed by atoms with Crippen molar-refractivity contribution in [3.8, 4) is 0 Å². The zero-order chi connectivity index (χ0) is 10.8. The Balaban J connectivity index is 2.97. The molecule has 0 aromatic heterocycles. The summed E-state index contributed by atoms with van der Waals surface area (Å²) in [5.74, 6) is 0. The zero-order valence-corrected chi connectivity index (χ0v) is 9.60. The van der Waals surface area contributed by atoms with Crippen LogP contribution in [0.1, 0.15) is 26.3 Å². The van der Waals surface area contributed by atoms with Crippen molar-refractivity contribution < 1.29 is 0 Å². The van der Waals surface area contributed by atoms with Crippen LogP contribution < -0.4 is 0 Å². The average molecular weight is 210 g/mol. The molecule has 14 heavy (non-hydrogen) atoms. The van der Waals surface area contributed by atoms with E-state index in [1.54, 1.807) is 0 Å². The van der Waals surface area contributed by atoms with Gasteiger partial charge in [0, 0.05) is 16.5 Å². The molecule has 1 nitrogen and oxygen atoms in total. The van der Waals surface area contributed by atoms with Gasteiger partial charge >= 0.3 is 0 Å². The summed E-state index contributed by atoms with van der Waals surface area (Å²) in [4.78, 5) is 0. The van der Waals surface area contributed by atoms with Gasteiger partial charge in [0.15, 0.2) is 0 Å². The highest BCUT2D eigenvalue weighted by atomic mass is 35.5. The molecule has 0 heterocycles. The molecule has 1 aromatic carbocycles. The molecular weight excluding hydrogens is 194 g/mol. The third-order valence-corrected chi connectivity index (χ3v) is 3.25. The molecule has 2 heteroatoms. The van der Waals surface area contributed by atoms with Crippen LogP contribution in [0.3, 0.4) is 0 Å². The quantitative estimate of drug-likeness (QED) is 0.580. The number of hydrogen-bond donors (Lipinski definition) is 1. The fourth-order valence-electron chi connectivity index (χ4n) is 1.18. The Kier molecular flexibility index (Phi) is 3.33. The van der Waals surface area contributed by atoms with Crippen molar-refractivity contribution in [2.45, 2.75) is 26.1 Å². The average Bonchev–Trinajstić information content (AvgIpc) is 2.17. The molecule has 0 bridgehead atoms. The van der Waals surface area contributed by atoms with E-state index in [-0.39, 0.29) is 10.8 Å². The minimum Gasteiger partial charge on any atom is -0.304 e. The van der Waals surface area contributed by atoms with Crippen molar-refractivity contribution in [1.82, 2.24) is 0 Å². The molecule has 1 N–H and O–H groups in total. The van der Waals surface area contributed by atoms with Crippen LogP contribution in [0, 0.1) is 10.8 Å². The van der Waals surface area contributed by atoms with Crippen LogP contribution in [0.2, 0.25) is 0 Å². The second-order valence-electron chi connectivity index (χ2n) is 4.08. The van der Waals surface area contributed by atoms with Gasteiger partial charge in [0.25, 0.3) is 0 Å². The minimum absolute atomic E-state index is 0.0461. The van der Waals surface area contributed by atoms with E-state index in [9.17, 15) is 0 Å². The molecule has 0 saturated heterocycles. The predicted octanol–water partition coefficient (Wildman–Crippen LogP) is 3.71. The molecule has 0 amide bonds. The summed E-state index contributed by atoms with van der Waals surface area (Å²) in [5.41, 5.74) is 1.26. The molecule has 0 radical (unpaired) electrons. The minimum atomic E-state index is -0.289. The van der Waals surface area contributed by atoms with Gasteiger partial charge in [0.2, 0.25) is 0 Å². The summed E-state index contributed by atoms with van der Waals surface area (Å²) in [6.07, 6.45) is 0. The predicted molar refractivity (Wildman–Crippen MR) is 62.4 cm³/mol. The molecule has 1 atom stereocenters. The van der Waals surface area contributed by atoms with E-state index in [4.69, 9.17) is 17.0 Å². The molecule has 0 aliphatic rings. The first-order chi connectivity index (χ1) is 6.46. The highest BCUT2D eigenvalue weighted by Crippen LogP contribution is 2.29. The molecule has 76 valence electrons.